The fraction of sp³-hybridized carbons (Fsp3) is 0.227. The molecule has 0 aliphatic carbocycles. The second-order valence-electron chi connectivity index (χ2n) is 7.23. The minimum absolute atomic E-state index is 0.0801. The van der Waals surface area contributed by atoms with E-state index in [0.29, 0.717) is 11.1 Å². The van der Waals surface area contributed by atoms with Crippen LogP contribution in [0.2, 0.25) is 0 Å². The van der Waals surface area contributed by atoms with Gasteiger partial charge in [0.2, 0.25) is 0 Å². The number of nitrogens with two attached hydrogens (primary N) is 1. The van der Waals surface area contributed by atoms with Crippen molar-refractivity contribution in [2.45, 2.75) is 25.2 Å². The largest absolute Gasteiger partial charge is 0.507 e. The third-order valence-electron chi connectivity index (χ3n) is 4.74. The number of phenols is 1. The number of hydrogen-bond acceptors (Lipinski definition) is 8. The number of carbonyl (C=O) groups excluding carboxylic acids is 2. The summed E-state index contributed by atoms with van der Waals surface area (Å²) < 4.78 is 5.29. The van der Waals surface area contributed by atoms with Gasteiger partial charge < -0.3 is 20.7 Å². The van der Waals surface area contributed by atoms with Crippen molar-refractivity contribution in [1.29, 1.82) is 0 Å². The van der Waals surface area contributed by atoms with E-state index in [-0.39, 0.29) is 30.3 Å². The minimum Gasteiger partial charge on any atom is -0.507 e. The molecule has 0 bridgehead atoms. The zero-order chi connectivity index (χ0) is 24.0. The Bertz CT molecular complexity index is 1060. The molecule has 2 atom stereocenters. The Hall–Kier alpha value is -3.60. The molecule has 0 spiro atoms. The Morgan fingerprint density at radius 1 is 1.18 bits per heavy atom. The Balaban J connectivity index is 1.83. The van der Waals surface area contributed by atoms with E-state index in [1.807, 2.05) is 6.07 Å². The van der Waals surface area contributed by atoms with Gasteiger partial charge in [-0.2, -0.15) is 0 Å². The number of halogens is 1. The molecule has 2 aromatic carbocycles. The van der Waals surface area contributed by atoms with Gasteiger partial charge in [0.25, 0.3) is 5.91 Å². The molecule has 2 aromatic rings. The molecule has 1 aliphatic heterocycles. The molecule has 0 aromatic heterocycles. The van der Waals surface area contributed by atoms with E-state index in [1.54, 1.807) is 24.3 Å². The SMILES string of the molecule is N[C@@H](Cc1ccc(O)c(C(=O)N(CC2C=C(Cl)NO2)C(=O)OCc2ccccc2)c1)C(=O)O. The van der Waals surface area contributed by atoms with Crippen molar-refractivity contribution in [3.05, 3.63) is 76.5 Å². The molecule has 1 aliphatic rings. The smallest absolute Gasteiger partial charge is 0.417 e. The second kappa shape index (κ2) is 10.8. The van der Waals surface area contributed by atoms with Crippen LogP contribution in [0.15, 0.2) is 59.8 Å². The summed E-state index contributed by atoms with van der Waals surface area (Å²) in [4.78, 5) is 43.1. The molecule has 1 heterocycles. The van der Waals surface area contributed by atoms with Crippen LogP contribution in [0, 0.1) is 0 Å². The van der Waals surface area contributed by atoms with E-state index in [0.717, 1.165) is 4.90 Å². The molecule has 33 heavy (non-hydrogen) atoms. The van der Waals surface area contributed by atoms with E-state index in [4.69, 9.17) is 32.0 Å². The van der Waals surface area contributed by atoms with Gasteiger partial charge in [0, 0.05) is 0 Å². The highest BCUT2D eigenvalue weighted by Crippen LogP contribution is 2.23. The lowest BCUT2D eigenvalue weighted by Gasteiger charge is -2.23. The number of ether oxygens (including phenoxy) is 1. The fourth-order valence-electron chi connectivity index (χ4n) is 3.04. The number of rotatable bonds is 8. The molecule has 11 heteroatoms. The van der Waals surface area contributed by atoms with Crippen molar-refractivity contribution in [2.24, 2.45) is 5.73 Å². The van der Waals surface area contributed by atoms with E-state index in [2.05, 4.69) is 5.48 Å². The lowest BCUT2D eigenvalue weighted by atomic mass is 10.0. The molecule has 5 N–H and O–H groups in total. The maximum absolute atomic E-state index is 13.2. The monoisotopic (exact) mass is 475 g/mol. The number of amides is 2. The predicted octanol–water partition coefficient (Wildman–Crippen LogP) is 2.11. The van der Waals surface area contributed by atoms with Crippen LogP contribution < -0.4 is 11.2 Å². The summed E-state index contributed by atoms with van der Waals surface area (Å²) >= 11 is 5.83. The first-order valence-corrected chi connectivity index (χ1v) is 10.2. The average Bonchev–Trinajstić information content (AvgIpc) is 3.22. The lowest BCUT2D eigenvalue weighted by molar-refractivity contribution is -0.138. The number of carboxylic acids is 1. The van der Waals surface area contributed by atoms with E-state index >= 15 is 0 Å². The summed E-state index contributed by atoms with van der Waals surface area (Å²) in [7, 11) is 0. The summed E-state index contributed by atoms with van der Waals surface area (Å²) in [6, 6.07) is 11.6. The lowest BCUT2D eigenvalue weighted by Crippen LogP contribution is -2.42. The van der Waals surface area contributed by atoms with E-state index < -0.39 is 35.9 Å². The van der Waals surface area contributed by atoms with Gasteiger partial charge in [0.1, 0.15) is 29.7 Å². The molecule has 0 saturated heterocycles. The maximum atomic E-state index is 13.2. The summed E-state index contributed by atoms with van der Waals surface area (Å²) in [6.45, 7) is -0.336. The Morgan fingerprint density at radius 2 is 1.91 bits per heavy atom. The molecule has 2 amide bonds. The average molecular weight is 476 g/mol. The maximum Gasteiger partial charge on any atom is 0.417 e. The summed E-state index contributed by atoms with van der Waals surface area (Å²) in [6.07, 6.45) is -0.330. The van der Waals surface area contributed by atoms with Gasteiger partial charge in [-0.25, -0.2) is 9.69 Å². The first kappa shape index (κ1) is 24.1. The molecule has 3 rings (SSSR count). The molecule has 10 nitrogen and oxygen atoms in total. The molecule has 0 radical (unpaired) electrons. The van der Waals surface area contributed by atoms with Gasteiger partial charge in [0.05, 0.1) is 12.1 Å². The molecule has 0 fully saturated rings. The molecule has 0 saturated carbocycles. The third-order valence-corrected chi connectivity index (χ3v) is 4.94. The van der Waals surface area contributed by atoms with Crippen LogP contribution in [0.3, 0.4) is 0 Å². The summed E-state index contributed by atoms with van der Waals surface area (Å²) in [5.41, 5.74) is 8.87. The molecular weight excluding hydrogens is 454 g/mol. The van der Waals surface area contributed by atoms with Crippen LogP contribution in [-0.4, -0.2) is 51.8 Å². The molecule has 1 unspecified atom stereocenters. The van der Waals surface area contributed by atoms with Crippen molar-refractivity contribution in [3.8, 4) is 5.75 Å². The normalized spacial score (nSPS) is 15.8. The van der Waals surface area contributed by atoms with Crippen molar-refractivity contribution in [3.63, 3.8) is 0 Å². The fourth-order valence-corrected chi connectivity index (χ4v) is 3.22. The first-order chi connectivity index (χ1) is 15.7. The summed E-state index contributed by atoms with van der Waals surface area (Å²) in [5.74, 6) is -2.47. The van der Waals surface area contributed by atoms with E-state index in [1.165, 1.54) is 24.3 Å². The number of hydrogen-bond donors (Lipinski definition) is 4. The van der Waals surface area contributed by atoms with Crippen molar-refractivity contribution in [2.75, 3.05) is 6.54 Å². The highest BCUT2D eigenvalue weighted by molar-refractivity contribution is 6.29. The topological polar surface area (TPSA) is 151 Å². The zero-order valence-corrected chi connectivity index (χ0v) is 18.1. The standard InChI is InChI=1S/C22H22ClN3O7/c23-19-10-15(33-25-19)11-26(22(31)32-12-13-4-2-1-3-5-13)20(28)16-8-14(6-7-18(16)27)9-17(24)21(29)30/h1-8,10,15,17,25,27H,9,11-12,24H2,(H,29,30)/t15?,17-/m0/s1. The van der Waals surface area contributed by atoms with Crippen LogP contribution in [0.1, 0.15) is 21.5 Å². The Labute approximate surface area is 194 Å². The number of benzene rings is 2. The van der Waals surface area contributed by atoms with Gasteiger partial charge >= 0.3 is 12.1 Å². The van der Waals surface area contributed by atoms with E-state index in [9.17, 15) is 19.5 Å². The number of imide groups is 1. The Morgan fingerprint density at radius 3 is 2.55 bits per heavy atom. The second-order valence-corrected chi connectivity index (χ2v) is 7.64. The predicted molar refractivity (Wildman–Crippen MR) is 117 cm³/mol. The summed E-state index contributed by atoms with van der Waals surface area (Å²) in [5, 5.41) is 19.5. The van der Waals surface area contributed by atoms with Crippen LogP contribution >= 0.6 is 11.6 Å². The van der Waals surface area contributed by atoms with Gasteiger partial charge in [-0.15, -0.1) is 0 Å². The Kier molecular flexibility index (Phi) is 7.88. The highest BCUT2D eigenvalue weighted by atomic mass is 35.5. The number of carboxylic acid groups (broad SMARTS) is 1. The van der Waals surface area contributed by atoms with Crippen molar-refractivity contribution < 1.29 is 34.2 Å². The molecule has 174 valence electrons. The van der Waals surface area contributed by atoms with Crippen LogP contribution in [0.5, 0.6) is 5.75 Å². The van der Waals surface area contributed by atoms with Crippen LogP contribution in [0.25, 0.3) is 0 Å². The minimum atomic E-state index is -1.21. The highest BCUT2D eigenvalue weighted by Gasteiger charge is 2.31. The van der Waals surface area contributed by atoms with Crippen LogP contribution in [-0.2, 0) is 27.4 Å². The quantitative estimate of drug-likeness (QED) is 0.420. The first-order valence-electron chi connectivity index (χ1n) is 9.86. The van der Waals surface area contributed by atoms with Gasteiger partial charge in [-0.05, 0) is 35.8 Å². The molecular formula is C22H22ClN3O7. The van der Waals surface area contributed by atoms with Crippen LogP contribution in [0.4, 0.5) is 4.79 Å². The van der Waals surface area contributed by atoms with Gasteiger partial charge in [0.15, 0.2) is 0 Å². The number of nitrogens with zero attached hydrogens (tertiary/aromatic N) is 1. The zero-order valence-electron chi connectivity index (χ0n) is 17.3. The number of aromatic hydroxyl groups is 1. The number of aliphatic carboxylic acids is 1. The van der Waals surface area contributed by atoms with Crippen molar-refractivity contribution >= 4 is 29.6 Å². The van der Waals surface area contributed by atoms with Gasteiger partial charge in [-0.3, -0.25) is 19.9 Å². The third kappa shape index (κ3) is 6.45. The van der Waals surface area contributed by atoms with Crippen molar-refractivity contribution in [1.82, 2.24) is 10.4 Å². The number of carbonyl (C=O) groups is 3. The number of phenolic OH excluding ortho intramolecular Hbond substituents is 1. The van der Waals surface area contributed by atoms with Gasteiger partial charge in [-0.1, -0.05) is 48.0 Å². The number of nitrogens with one attached hydrogen (secondary N) is 1. The number of hydroxylamine groups is 1.